The number of carbonyl (C=O) groups excluding carboxylic acids is 1. The van der Waals surface area contributed by atoms with E-state index in [1.54, 1.807) is 6.92 Å². The highest BCUT2D eigenvalue weighted by molar-refractivity contribution is 5.86. The van der Waals surface area contributed by atoms with Crippen molar-refractivity contribution in [1.29, 1.82) is 0 Å². The minimum Gasteiger partial charge on any atom is -0.460 e. The Morgan fingerprint density at radius 2 is 1.32 bits per heavy atom. The first kappa shape index (κ1) is 20.3. The molecule has 0 amide bonds. The molecular formula is C12H24O7. The number of aliphatic hydroxyl groups excluding tert-OH is 3. The Morgan fingerprint density at radius 1 is 0.895 bits per heavy atom. The normalized spacial score (nSPS) is 9.47. The molecule has 0 aromatic rings. The number of ether oxygens (including phenoxy) is 3. The first-order valence-corrected chi connectivity index (χ1v) is 5.90. The number of hydrogen-bond acceptors (Lipinski definition) is 7. The van der Waals surface area contributed by atoms with Gasteiger partial charge in [0.05, 0.1) is 46.2 Å². The van der Waals surface area contributed by atoms with Gasteiger partial charge in [0, 0.05) is 5.57 Å². The predicted molar refractivity (Wildman–Crippen MR) is 68.7 cm³/mol. The molecule has 0 saturated carbocycles. The number of aliphatic hydroxyl groups is 3. The molecule has 7 heteroatoms. The average molecular weight is 280 g/mol. The molecule has 3 N–H and O–H groups in total. The number of hydrogen-bond donors (Lipinski definition) is 3. The Balaban J connectivity index is 0. The van der Waals surface area contributed by atoms with E-state index < -0.39 is 5.97 Å². The first-order valence-electron chi connectivity index (χ1n) is 5.90. The Hall–Kier alpha value is -0.990. The lowest BCUT2D eigenvalue weighted by atomic mass is 10.4. The van der Waals surface area contributed by atoms with E-state index in [0.717, 1.165) is 0 Å². The molecular weight excluding hydrogens is 256 g/mol. The van der Waals surface area contributed by atoms with Gasteiger partial charge in [0.25, 0.3) is 0 Å². The molecule has 114 valence electrons. The van der Waals surface area contributed by atoms with Gasteiger partial charge in [-0.1, -0.05) is 6.58 Å². The van der Waals surface area contributed by atoms with Crippen LogP contribution in [0.25, 0.3) is 0 Å². The van der Waals surface area contributed by atoms with E-state index in [0.29, 0.717) is 25.4 Å². The second-order valence-electron chi connectivity index (χ2n) is 3.31. The standard InChI is InChI=1S/C8H14O4.C4H10O3/c1-7(2)8(10)12-6-5-11-4-3-9;5-1-3-7-4-2-6/h9H,1,3-6H2,2H3;5-6H,1-4H2. The van der Waals surface area contributed by atoms with Gasteiger partial charge >= 0.3 is 5.97 Å². The lowest BCUT2D eigenvalue weighted by molar-refractivity contribution is -0.140. The predicted octanol–water partition coefficient (Wildman–Crippen LogP) is -0.898. The van der Waals surface area contributed by atoms with Crippen molar-refractivity contribution >= 4 is 5.97 Å². The fraction of sp³-hybridized carbons (Fsp3) is 0.750. The first-order chi connectivity index (χ1) is 9.09. The van der Waals surface area contributed by atoms with Crippen LogP contribution in [-0.4, -0.2) is 74.1 Å². The summed E-state index contributed by atoms with van der Waals surface area (Å²) in [5.74, 6) is -0.414. The highest BCUT2D eigenvalue weighted by atomic mass is 16.6. The molecule has 0 bridgehead atoms. The van der Waals surface area contributed by atoms with Crippen molar-refractivity contribution < 1.29 is 34.3 Å². The zero-order valence-electron chi connectivity index (χ0n) is 11.3. The largest absolute Gasteiger partial charge is 0.460 e. The number of rotatable bonds is 10. The quantitative estimate of drug-likeness (QED) is 0.270. The molecule has 0 radical (unpaired) electrons. The molecule has 19 heavy (non-hydrogen) atoms. The molecule has 7 nitrogen and oxygen atoms in total. The van der Waals surface area contributed by atoms with Gasteiger partial charge in [-0.25, -0.2) is 4.79 Å². The third-order valence-electron chi connectivity index (χ3n) is 1.52. The topological polar surface area (TPSA) is 105 Å². The summed E-state index contributed by atoms with van der Waals surface area (Å²) in [7, 11) is 0. The van der Waals surface area contributed by atoms with Crippen LogP contribution in [-0.2, 0) is 19.0 Å². The minimum absolute atomic E-state index is 0.0194. The van der Waals surface area contributed by atoms with Crippen LogP contribution < -0.4 is 0 Å². The van der Waals surface area contributed by atoms with Crippen LogP contribution in [0.5, 0.6) is 0 Å². The maximum atomic E-state index is 10.7. The van der Waals surface area contributed by atoms with E-state index in [1.165, 1.54) is 0 Å². The zero-order chi connectivity index (χ0) is 14.9. The van der Waals surface area contributed by atoms with Gasteiger partial charge < -0.3 is 29.5 Å². The molecule has 0 atom stereocenters. The van der Waals surface area contributed by atoms with Crippen LogP contribution in [0.1, 0.15) is 6.92 Å². The highest BCUT2D eigenvalue weighted by Gasteiger charge is 2.01. The van der Waals surface area contributed by atoms with E-state index in [1.807, 2.05) is 0 Å². The molecule has 0 rings (SSSR count). The number of carbonyl (C=O) groups is 1. The van der Waals surface area contributed by atoms with Gasteiger partial charge in [-0.05, 0) is 6.92 Å². The molecule has 0 saturated heterocycles. The van der Waals surface area contributed by atoms with E-state index >= 15 is 0 Å². The summed E-state index contributed by atoms with van der Waals surface area (Å²) >= 11 is 0. The third-order valence-corrected chi connectivity index (χ3v) is 1.52. The van der Waals surface area contributed by atoms with Crippen LogP contribution in [0.4, 0.5) is 0 Å². The van der Waals surface area contributed by atoms with E-state index in [4.69, 9.17) is 24.8 Å². The zero-order valence-corrected chi connectivity index (χ0v) is 11.3. The smallest absolute Gasteiger partial charge is 0.333 e. The van der Waals surface area contributed by atoms with Crippen LogP contribution in [0.2, 0.25) is 0 Å². The average Bonchev–Trinajstić information content (AvgIpc) is 2.39. The third kappa shape index (κ3) is 19.5. The molecule has 0 spiro atoms. The summed E-state index contributed by atoms with van der Waals surface area (Å²) < 4.78 is 14.2. The Labute approximate surface area is 113 Å². The van der Waals surface area contributed by atoms with Crippen LogP contribution in [0.15, 0.2) is 12.2 Å². The summed E-state index contributed by atoms with van der Waals surface area (Å²) in [5, 5.41) is 24.5. The molecule has 0 aliphatic rings. The Bertz CT molecular complexity index is 214. The van der Waals surface area contributed by atoms with Crippen molar-refractivity contribution in [2.24, 2.45) is 0 Å². The van der Waals surface area contributed by atoms with Gasteiger partial charge in [-0.3, -0.25) is 0 Å². The van der Waals surface area contributed by atoms with Gasteiger partial charge in [0.1, 0.15) is 6.61 Å². The van der Waals surface area contributed by atoms with Crippen molar-refractivity contribution in [3.05, 3.63) is 12.2 Å². The van der Waals surface area contributed by atoms with Gasteiger partial charge in [-0.2, -0.15) is 0 Å². The Morgan fingerprint density at radius 3 is 1.68 bits per heavy atom. The SMILES string of the molecule is C=C(C)C(=O)OCCOCCO.OCCOCCO. The minimum atomic E-state index is -0.414. The molecule has 0 aliphatic heterocycles. The van der Waals surface area contributed by atoms with Crippen molar-refractivity contribution in [3.63, 3.8) is 0 Å². The summed E-state index contributed by atoms with van der Waals surface area (Å²) in [6.07, 6.45) is 0. The van der Waals surface area contributed by atoms with Crippen LogP contribution in [0.3, 0.4) is 0 Å². The maximum Gasteiger partial charge on any atom is 0.333 e. The Kier molecular flexibility index (Phi) is 18.2. The second-order valence-corrected chi connectivity index (χ2v) is 3.31. The van der Waals surface area contributed by atoms with Crippen molar-refractivity contribution in [2.45, 2.75) is 6.92 Å². The number of esters is 1. The fourth-order valence-electron chi connectivity index (χ4n) is 0.714. The van der Waals surface area contributed by atoms with Crippen LogP contribution >= 0.6 is 0 Å². The summed E-state index contributed by atoms with van der Waals surface area (Å²) in [4.78, 5) is 10.7. The van der Waals surface area contributed by atoms with Crippen molar-refractivity contribution in [1.82, 2.24) is 0 Å². The molecule has 0 unspecified atom stereocenters. The van der Waals surface area contributed by atoms with Crippen molar-refractivity contribution in [2.75, 3.05) is 52.9 Å². The summed E-state index contributed by atoms with van der Waals surface area (Å²) in [6, 6.07) is 0. The van der Waals surface area contributed by atoms with Gasteiger partial charge in [0.2, 0.25) is 0 Å². The molecule has 0 aromatic carbocycles. The van der Waals surface area contributed by atoms with E-state index in [2.05, 4.69) is 11.3 Å². The van der Waals surface area contributed by atoms with E-state index in [-0.39, 0.29) is 33.0 Å². The van der Waals surface area contributed by atoms with Crippen molar-refractivity contribution in [3.8, 4) is 0 Å². The van der Waals surface area contributed by atoms with Crippen LogP contribution in [0, 0.1) is 0 Å². The summed E-state index contributed by atoms with van der Waals surface area (Å²) in [6.45, 7) is 6.44. The lowest BCUT2D eigenvalue weighted by Gasteiger charge is -2.03. The molecule has 0 heterocycles. The summed E-state index contributed by atoms with van der Waals surface area (Å²) in [5.41, 5.74) is 0.372. The maximum absolute atomic E-state index is 10.7. The molecule has 0 aliphatic carbocycles. The van der Waals surface area contributed by atoms with Gasteiger partial charge in [-0.15, -0.1) is 0 Å². The van der Waals surface area contributed by atoms with E-state index in [9.17, 15) is 4.79 Å². The lowest BCUT2D eigenvalue weighted by Crippen LogP contribution is -2.12. The second kappa shape index (κ2) is 17.0. The highest BCUT2D eigenvalue weighted by Crippen LogP contribution is 1.91. The fourth-order valence-corrected chi connectivity index (χ4v) is 0.714. The molecule has 0 aromatic heterocycles. The molecule has 0 fully saturated rings. The monoisotopic (exact) mass is 280 g/mol. The van der Waals surface area contributed by atoms with Gasteiger partial charge in [0.15, 0.2) is 0 Å².